The summed E-state index contributed by atoms with van der Waals surface area (Å²) in [4.78, 5) is 14.6. The fourth-order valence-corrected chi connectivity index (χ4v) is 3.09. The van der Waals surface area contributed by atoms with Gasteiger partial charge in [-0.1, -0.05) is 33.5 Å². The molecule has 0 bridgehead atoms. The molecule has 0 radical (unpaired) electrons. The highest BCUT2D eigenvalue weighted by Crippen LogP contribution is 2.32. The molecule has 1 aromatic carbocycles. The van der Waals surface area contributed by atoms with Gasteiger partial charge in [0.25, 0.3) is 0 Å². The molecule has 0 amide bonds. The summed E-state index contributed by atoms with van der Waals surface area (Å²) in [5.41, 5.74) is 2.87. The Labute approximate surface area is 151 Å². The van der Waals surface area contributed by atoms with E-state index in [0.717, 1.165) is 23.8 Å². The molecule has 0 atom stereocenters. The fraction of sp³-hybridized carbons (Fsp3) is 0.579. The van der Waals surface area contributed by atoms with Crippen LogP contribution in [0, 0.1) is 11.3 Å². The number of isocyanates is 1. The lowest BCUT2D eigenvalue weighted by molar-refractivity contribution is -0.0483. The predicted octanol–water partition coefficient (Wildman–Crippen LogP) is 4.52. The van der Waals surface area contributed by atoms with E-state index in [1.807, 2.05) is 13.8 Å². The van der Waals surface area contributed by atoms with Gasteiger partial charge < -0.3 is 9.47 Å². The maximum absolute atomic E-state index is 10.8. The van der Waals surface area contributed by atoms with Gasteiger partial charge in [-0.2, -0.15) is 10.3 Å². The van der Waals surface area contributed by atoms with Crippen molar-refractivity contribution in [2.75, 3.05) is 20.0 Å². The molecule has 6 heteroatoms. The summed E-state index contributed by atoms with van der Waals surface area (Å²) >= 11 is 0. The topological polar surface area (TPSA) is 71.7 Å². The Kier molecular flexibility index (Phi) is 8.74. The van der Waals surface area contributed by atoms with Crippen molar-refractivity contribution in [2.45, 2.75) is 51.9 Å². The van der Waals surface area contributed by atoms with Crippen LogP contribution in [0.5, 0.6) is 0 Å². The van der Waals surface area contributed by atoms with Crippen molar-refractivity contribution in [1.29, 1.82) is 5.26 Å². The first kappa shape index (κ1) is 21.3. The molecular weight excluding hydrogens is 332 g/mol. The van der Waals surface area contributed by atoms with E-state index in [1.54, 1.807) is 18.2 Å². The Hall–Kier alpha value is -1.77. The molecular formula is C19H28N2O3Si. The summed E-state index contributed by atoms with van der Waals surface area (Å²) in [6.45, 7) is 12.4. The molecule has 0 spiro atoms. The number of nitriles is 1. The van der Waals surface area contributed by atoms with Crippen molar-refractivity contribution in [3.8, 4) is 6.07 Å². The number of hydrogen-bond donors (Lipinski definition) is 0. The first-order valence-electron chi connectivity index (χ1n) is 8.58. The van der Waals surface area contributed by atoms with Gasteiger partial charge >= 0.3 is 0 Å². The molecule has 0 N–H and O–H groups in total. The van der Waals surface area contributed by atoms with Gasteiger partial charge in [0, 0.05) is 14.7 Å². The van der Waals surface area contributed by atoms with Crippen molar-refractivity contribution >= 4 is 19.8 Å². The van der Waals surface area contributed by atoms with Crippen LogP contribution >= 0.6 is 0 Å². The Morgan fingerprint density at radius 1 is 1.20 bits per heavy atom. The highest BCUT2D eigenvalue weighted by Gasteiger charge is 2.14. The van der Waals surface area contributed by atoms with Gasteiger partial charge in [-0.3, -0.25) is 0 Å². The van der Waals surface area contributed by atoms with E-state index < -0.39 is 8.07 Å². The van der Waals surface area contributed by atoms with Crippen LogP contribution in [0.1, 0.15) is 36.5 Å². The van der Waals surface area contributed by atoms with Gasteiger partial charge in [-0.05, 0) is 41.6 Å². The average molecular weight is 361 g/mol. The van der Waals surface area contributed by atoms with Crippen molar-refractivity contribution in [1.82, 2.24) is 0 Å². The second kappa shape index (κ2) is 10.3. The number of benzene rings is 1. The minimum atomic E-state index is -1.08. The van der Waals surface area contributed by atoms with Gasteiger partial charge in [-0.25, -0.2) is 4.79 Å². The zero-order chi connectivity index (χ0) is 18.9. The second-order valence-electron chi connectivity index (χ2n) is 7.54. The number of carbonyl (C=O) groups excluding carboxylic acids is 1. The van der Waals surface area contributed by atoms with E-state index in [2.05, 4.69) is 30.7 Å². The molecule has 0 heterocycles. The second-order valence-corrected chi connectivity index (χ2v) is 13.2. The summed E-state index contributed by atoms with van der Waals surface area (Å²) in [6.07, 6.45) is 2.18. The minimum absolute atomic E-state index is 0.157. The zero-order valence-electron chi connectivity index (χ0n) is 15.9. The quantitative estimate of drug-likeness (QED) is 0.202. The van der Waals surface area contributed by atoms with Crippen molar-refractivity contribution in [2.24, 2.45) is 4.99 Å². The number of ether oxygens (including phenoxy) is 2. The molecule has 0 aromatic heterocycles. The lowest BCUT2D eigenvalue weighted by Crippen LogP contribution is -2.22. The molecule has 0 saturated heterocycles. The van der Waals surface area contributed by atoms with E-state index >= 15 is 0 Å². The summed E-state index contributed by atoms with van der Waals surface area (Å²) in [5, 5.41) is 9.22. The first-order chi connectivity index (χ1) is 11.8. The number of nitrogens with zero attached hydrogens (tertiary/aromatic N) is 2. The SMILES string of the molecule is CC(C)c1cc(C#N)cc(CCOCOCC[Si](C)(C)C)c1N=C=O. The third-order valence-electron chi connectivity index (χ3n) is 3.81. The monoisotopic (exact) mass is 360 g/mol. The molecule has 0 unspecified atom stereocenters. The maximum atomic E-state index is 10.8. The smallest absolute Gasteiger partial charge is 0.240 e. The summed E-state index contributed by atoms with van der Waals surface area (Å²) in [5.74, 6) is 0.157. The maximum Gasteiger partial charge on any atom is 0.240 e. The Balaban J connectivity index is 2.67. The van der Waals surface area contributed by atoms with Crippen LogP contribution in [-0.2, 0) is 20.7 Å². The third kappa shape index (κ3) is 7.76. The van der Waals surface area contributed by atoms with Gasteiger partial charge in [0.2, 0.25) is 6.08 Å². The van der Waals surface area contributed by atoms with E-state index in [4.69, 9.17) is 9.47 Å². The number of aliphatic imine (C=N–C) groups is 1. The molecule has 0 aliphatic rings. The highest BCUT2D eigenvalue weighted by atomic mass is 28.3. The van der Waals surface area contributed by atoms with Crippen LogP contribution in [0.25, 0.3) is 0 Å². The molecule has 5 nitrogen and oxygen atoms in total. The molecule has 0 fully saturated rings. The Bertz CT molecular complexity index is 654. The van der Waals surface area contributed by atoms with Crippen LogP contribution in [0.4, 0.5) is 5.69 Å². The normalized spacial score (nSPS) is 11.2. The highest BCUT2D eigenvalue weighted by molar-refractivity contribution is 6.76. The van der Waals surface area contributed by atoms with E-state index in [0.29, 0.717) is 24.3 Å². The van der Waals surface area contributed by atoms with Crippen LogP contribution in [0.2, 0.25) is 25.7 Å². The Morgan fingerprint density at radius 3 is 2.44 bits per heavy atom. The van der Waals surface area contributed by atoms with Gasteiger partial charge in [0.15, 0.2) is 0 Å². The van der Waals surface area contributed by atoms with Crippen LogP contribution < -0.4 is 0 Å². The van der Waals surface area contributed by atoms with Crippen molar-refractivity contribution in [3.05, 3.63) is 28.8 Å². The molecule has 0 aliphatic heterocycles. The molecule has 25 heavy (non-hydrogen) atoms. The average Bonchev–Trinajstić information content (AvgIpc) is 2.53. The van der Waals surface area contributed by atoms with Crippen LogP contribution in [-0.4, -0.2) is 34.2 Å². The van der Waals surface area contributed by atoms with Crippen molar-refractivity contribution in [3.63, 3.8) is 0 Å². The predicted molar refractivity (Wildman–Crippen MR) is 102 cm³/mol. The molecule has 0 aliphatic carbocycles. The number of hydrogen-bond acceptors (Lipinski definition) is 5. The van der Waals surface area contributed by atoms with Crippen LogP contribution in [0.15, 0.2) is 17.1 Å². The lowest BCUT2D eigenvalue weighted by atomic mass is 9.94. The van der Waals surface area contributed by atoms with E-state index in [-0.39, 0.29) is 12.7 Å². The standard InChI is InChI=1S/C19H28N2O3Si/c1-15(2)18-11-16(12-20)10-17(19(18)21-13-22)6-7-23-14-24-8-9-25(3,4)5/h10-11,15H,6-9,14H2,1-5H3. The first-order valence-corrected chi connectivity index (χ1v) is 12.3. The lowest BCUT2D eigenvalue weighted by Gasteiger charge is -2.16. The summed E-state index contributed by atoms with van der Waals surface area (Å²) < 4.78 is 11.0. The third-order valence-corrected chi connectivity index (χ3v) is 5.51. The Morgan fingerprint density at radius 2 is 1.88 bits per heavy atom. The van der Waals surface area contributed by atoms with Crippen molar-refractivity contribution < 1.29 is 14.3 Å². The minimum Gasteiger partial charge on any atom is -0.356 e. The van der Waals surface area contributed by atoms with Gasteiger partial charge in [0.05, 0.1) is 23.9 Å². The summed E-state index contributed by atoms with van der Waals surface area (Å²) in [7, 11) is -1.08. The molecule has 1 rings (SSSR count). The molecule has 0 saturated carbocycles. The largest absolute Gasteiger partial charge is 0.356 e. The van der Waals surface area contributed by atoms with Crippen LogP contribution in [0.3, 0.4) is 0 Å². The summed E-state index contributed by atoms with van der Waals surface area (Å²) in [6, 6.07) is 6.81. The molecule has 136 valence electrons. The van der Waals surface area contributed by atoms with Gasteiger partial charge in [-0.15, -0.1) is 0 Å². The van der Waals surface area contributed by atoms with E-state index in [9.17, 15) is 10.1 Å². The zero-order valence-corrected chi connectivity index (χ0v) is 16.9. The fourth-order valence-electron chi connectivity index (χ4n) is 2.33. The van der Waals surface area contributed by atoms with E-state index in [1.165, 1.54) is 0 Å². The van der Waals surface area contributed by atoms with Gasteiger partial charge in [0.1, 0.15) is 6.79 Å². The number of rotatable bonds is 10. The molecule has 1 aromatic rings.